The van der Waals surface area contributed by atoms with Gasteiger partial charge in [-0.15, -0.1) is 0 Å². The fraction of sp³-hybridized carbons (Fsp3) is 0.929. The van der Waals surface area contributed by atoms with E-state index in [2.05, 4.69) is 17.4 Å². The summed E-state index contributed by atoms with van der Waals surface area (Å²) < 4.78 is 0. The maximum absolute atomic E-state index is 8.73. The van der Waals surface area contributed by atoms with E-state index in [0.29, 0.717) is 11.9 Å². The molecule has 0 aliphatic heterocycles. The van der Waals surface area contributed by atoms with Crippen LogP contribution in [0.3, 0.4) is 0 Å². The molecule has 0 radical (unpaired) electrons. The fourth-order valence-electron chi connectivity index (χ4n) is 2.68. The van der Waals surface area contributed by atoms with E-state index in [1.54, 1.807) is 0 Å². The molecule has 1 aliphatic rings. The summed E-state index contributed by atoms with van der Waals surface area (Å²) in [5.74, 6) is 1.14. The van der Waals surface area contributed by atoms with E-state index >= 15 is 0 Å². The number of rotatable bonds is 6. The van der Waals surface area contributed by atoms with E-state index in [9.17, 15) is 0 Å². The molecule has 1 rings (SSSR count). The van der Waals surface area contributed by atoms with Crippen LogP contribution in [0.2, 0.25) is 0 Å². The van der Waals surface area contributed by atoms with E-state index in [0.717, 1.165) is 18.9 Å². The molecule has 0 heterocycles. The molecule has 0 amide bonds. The van der Waals surface area contributed by atoms with Gasteiger partial charge in [-0.25, -0.2) is 0 Å². The van der Waals surface area contributed by atoms with Gasteiger partial charge in [0.05, 0.1) is 0 Å². The summed E-state index contributed by atoms with van der Waals surface area (Å²) >= 11 is 0. The molecule has 4 N–H and O–H groups in total. The number of hydrogen-bond acceptors (Lipinski definition) is 3. The van der Waals surface area contributed by atoms with Crippen LogP contribution in [0.25, 0.3) is 0 Å². The van der Waals surface area contributed by atoms with Gasteiger partial charge in [-0.05, 0) is 38.6 Å². The standard InChI is InChI=1S/C14H29N3O/c1-11(12-7-5-4-6-8-12)16-10-9-14(2,3)13(15)17-18/h11-12,16,18H,4-10H2,1-3H3,(H2,15,17)/t11-/m1/s1. The molecule has 106 valence electrons. The van der Waals surface area contributed by atoms with Crippen molar-refractivity contribution in [1.29, 1.82) is 0 Å². The van der Waals surface area contributed by atoms with E-state index in [1.165, 1.54) is 32.1 Å². The van der Waals surface area contributed by atoms with Crippen molar-refractivity contribution in [2.45, 2.75) is 65.3 Å². The van der Waals surface area contributed by atoms with Crippen molar-refractivity contribution in [2.24, 2.45) is 22.2 Å². The largest absolute Gasteiger partial charge is 0.409 e. The van der Waals surface area contributed by atoms with E-state index in [4.69, 9.17) is 10.9 Å². The van der Waals surface area contributed by atoms with Gasteiger partial charge in [-0.1, -0.05) is 38.3 Å². The molecular formula is C14H29N3O. The van der Waals surface area contributed by atoms with Gasteiger partial charge in [-0.3, -0.25) is 0 Å². The first-order valence-corrected chi connectivity index (χ1v) is 7.19. The second kappa shape index (κ2) is 6.98. The molecular weight excluding hydrogens is 226 g/mol. The van der Waals surface area contributed by atoms with E-state index in [-0.39, 0.29) is 5.41 Å². The minimum atomic E-state index is -0.242. The number of nitrogens with zero attached hydrogens (tertiary/aromatic N) is 1. The number of nitrogens with two attached hydrogens (primary N) is 1. The van der Waals surface area contributed by atoms with Crippen molar-refractivity contribution < 1.29 is 5.21 Å². The zero-order chi connectivity index (χ0) is 13.6. The van der Waals surface area contributed by atoms with Gasteiger partial charge < -0.3 is 16.3 Å². The predicted molar refractivity (Wildman–Crippen MR) is 75.8 cm³/mol. The second-order valence-corrected chi connectivity index (χ2v) is 6.26. The van der Waals surface area contributed by atoms with Gasteiger partial charge in [0, 0.05) is 11.5 Å². The molecule has 0 aromatic rings. The minimum absolute atomic E-state index is 0.242. The summed E-state index contributed by atoms with van der Waals surface area (Å²) in [6, 6.07) is 0.577. The number of hydrogen-bond donors (Lipinski definition) is 3. The van der Waals surface area contributed by atoms with Crippen molar-refractivity contribution >= 4 is 5.84 Å². The summed E-state index contributed by atoms with van der Waals surface area (Å²) in [4.78, 5) is 0. The first kappa shape index (κ1) is 15.3. The maximum atomic E-state index is 8.73. The van der Waals surface area contributed by atoms with Gasteiger partial charge in [-0.2, -0.15) is 0 Å². The molecule has 1 saturated carbocycles. The molecule has 0 aromatic heterocycles. The molecule has 1 aliphatic carbocycles. The van der Waals surface area contributed by atoms with Crippen LogP contribution in [0.4, 0.5) is 0 Å². The second-order valence-electron chi connectivity index (χ2n) is 6.26. The predicted octanol–water partition coefficient (Wildman–Crippen LogP) is 2.71. The van der Waals surface area contributed by atoms with Crippen molar-refractivity contribution in [3.8, 4) is 0 Å². The smallest absolute Gasteiger partial charge is 0.144 e. The lowest BCUT2D eigenvalue weighted by Gasteiger charge is -2.30. The van der Waals surface area contributed by atoms with Crippen LogP contribution in [-0.4, -0.2) is 23.6 Å². The summed E-state index contributed by atoms with van der Waals surface area (Å²) in [7, 11) is 0. The average molecular weight is 255 g/mol. The summed E-state index contributed by atoms with van der Waals surface area (Å²) in [6.45, 7) is 7.22. The van der Waals surface area contributed by atoms with Crippen LogP contribution in [0, 0.1) is 11.3 Å². The third kappa shape index (κ3) is 4.48. The zero-order valence-electron chi connectivity index (χ0n) is 12.1. The first-order chi connectivity index (χ1) is 8.47. The number of nitrogens with one attached hydrogen (secondary N) is 1. The quantitative estimate of drug-likeness (QED) is 0.296. The van der Waals surface area contributed by atoms with Crippen LogP contribution >= 0.6 is 0 Å². The van der Waals surface area contributed by atoms with Crippen LogP contribution < -0.4 is 11.1 Å². The molecule has 1 fully saturated rings. The molecule has 0 unspecified atom stereocenters. The SMILES string of the molecule is C[C@@H](NCCC(C)(C)C(N)=NO)C1CCCCC1. The van der Waals surface area contributed by atoms with Crippen LogP contribution in [-0.2, 0) is 0 Å². The van der Waals surface area contributed by atoms with Gasteiger partial charge in [0.1, 0.15) is 5.84 Å². The first-order valence-electron chi connectivity index (χ1n) is 7.19. The Balaban J connectivity index is 2.28. The Kier molecular flexibility index (Phi) is 5.93. The Morgan fingerprint density at radius 2 is 2.00 bits per heavy atom. The molecule has 1 atom stereocenters. The summed E-state index contributed by atoms with van der Waals surface area (Å²) in [6.07, 6.45) is 7.77. The van der Waals surface area contributed by atoms with Crippen molar-refractivity contribution in [2.75, 3.05) is 6.54 Å². The van der Waals surface area contributed by atoms with E-state index < -0.39 is 0 Å². The molecule has 0 spiro atoms. The normalized spacial score (nSPS) is 20.9. The molecule has 4 nitrogen and oxygen atoms in total. The van der Waals surface area contributed by atoms with Crippen molar-refractivity contribution in [1.82, 2.24) is 5.32 Å². The Morgan fingerprint density at radius 1 is 1.39 bits per heavy atom. The lowest BCUT2D eigenvalue weighted by Crippen LogP contribution is -2.39. The molecule has 18 heavy (non-hydrogen) atoms. The Labute approximate surface area is 111 Å². The number of amidine groups is 1. The lowest BCUT2D eigenvalue weighted by molar-refractivity contribution is 0.272. The van der Waals surface area contributed by atoms with Gasteiger partial charge in [0.25, 0.3) is 0 Å². The Hall–Kier alpha value is -0.770. The fourth-order valence-corrected chi connectivity index (χ4v) is 2.68. The molecule has 4 heteroatoms. The van der Waals surface area contributed by atoms with Crippen LogP contribution in [0.15, 0.2) is 5.16 Å². The van der Waals surface area contributed by atoms with E-state index in [1.807, 2.05) is 13.8 Å². The third-order valence-corrected chi connectivity index (χ3v) is 4.37. The van der Waals surface area contributed by atoms with Crippen molar-refractivity contribution in [3.63, 3.8) is 0 Å². The minimum Gasteiger partial charge on any atom is -0.409 e. The summed E-state index contributed by atoms with van der Waals surface area (Å²) in [5.41, 5.74) is 5.44. The van der Waals surface area contributed by atoms with Gasteiger partial charge in [0.2, 0.25) is 0 Å². The third-order valence-electron chi connectivity index (χ3n) is 4.37. The maximum Gasteiger partial charge on any atom is 0.144 e. The highest BCUT2D eigenvalue weighted by Gasteiger charge is 2.24. The molecule has 0 aromatic carbocycles. The van der Waals surface area contributed by atoms with Crippen molar-refractivity contribution in [3.05, 3.63) is 0 Å². The zero-order valence-corrected chi connectivity index (χ0v) is 12.1. The van der Waals surface area contributed by atoms with Gasteiger partial charge in [0.15, 0.2) is 0 Å². The van der Waals surface area contributed by atoms with Crippen LogP contribution in [0.1, 0.15) is 59.3 Å². The number of oxime groups is 1. The lowest BCUT2D eigenvalue weighted by atomic mass is 9.84. The highest BCUT2D eigenvalue weighted by molar-refractivity contribution is 5.85. The highest BCUT2D eigenvalue weighted by Crippen LogP contribution is 2.26. The highest BCUT2D eigenvalue weighted by atomic mass is 16.4. The topological polar surface area (TPSA) is 70.6 Å². The van der Waals surface area contributed by atoms with Gasteiger partial charge >= 0.3 is 0 Å². The average Bonchev–Trinajstić information content (AvgIpc) is 2.38. The summed E-state index contributed by atoms with van der Waals surface area (Å²) in [5, 5.41) is 15.4. The molecule has 0 saturated heterocycles. The monoisotopic (exact) mass is 255 g/mol. The Bertz CT molecular complexity index is 270. The Morgan fingerprint density at radius 3 is 2.56 bits per heavy atom. The van der Waals surface area contributed by atoms with Crippen LogP contribution in [0.5, 0.6) is 0 Å². The molecule has 0 bridgehead atoms.